The van der Waals surface area contributed by atoms with Crippen LogP contribution in [0.4, 0.5) is 5.95 Å². The first-order valence-electron chi connectivity index (χ1n) is 9.86. The van der Waals surface area contributed by atoms with Gasteiger partial charge in [-0.05, 0) is 48.2 Å². The SMILES string of the molecule is COc1ccc(CC(=O)N2CCC[C@H]2c2nc(N)ncc2-c2ccc(Cl)cc2)cc1. The lowest BCUT2D eigenvalue weighted by atomic mass is 9.99. The van der Waals surface area contributed by atoms with Crippen molar-refractivity contribution in [3.05, 3.63) is 71.0 Å². The van der Waals surface area contributed by atoms with Crippen molar-refractivity contribution in [1.29, 1.82) is 0 Å². The number of amides is 1. The number of ether oxygens (including phenoxy) is 1. The van der Waals surface area contributed by atoms with E-state index < -0.39 is 0 Å². The zero-order valence-corrected chi connectivity index (χ0v) is 17.5. The summed E-state index contributed by atoms with van der Waals surface area (Å²) in [5, 5.41) is 0.661. The maximum absolute atomic E-state index is 13.1. The molecule has 154 valence electrons. The van der Waals surface area contributed by atoms with Gasteiger partial charge in [-0.2, -0.15) is 0 Å². The Bertz CT molecular complexity index is 1040. The van der Waals surface area contributed by atoms with Crippen LogP contribution in [0.5, 0.6) is 5.75 Å². The van der Waals surface area contributed by atoms with Crippen LogP contribution in [0.3, 0.4) is 0 Å². The molecule has 0 radical (unpaired) electrons. The van der Waals surface area contributed by atoms with Gasteiger partial charge in [0.15, 0.2) is 0 Å². The number of hydrogen-bond acceptors (Lipinski definition) is 5. The van der Waals surface area contributed by atoms with Crippen LogP contribution < -0.4 is 10.5 Å². The predicted octanol–water partition coefficient (Wildman–Crippen LogP) is 4.29. The van der Waals surface area contributed by atoms with Gasteiger partial charge in [0.05, 0.1) is 25.3 Å². The van der Waals surface area contributed by atoms with Crippen LogP contribution in [-0.4, -0.2) is 34.4 Å². The summed E-state index contributed by atoms with van der Waals surface area (Å²) < 4.78 is 5.19. The lowest BCUT2D eigenvalue weighted by molar-refractivity contribution is -0.131. The Labute approximate surface area is 180 Å². The molecule has 7 heteroatoms. The maximum atomic E-state index is 13.1. The van der Waals surface area contributed by atoms with Crippen LogP contribution in [0.2, 0.25) is 5.02 Å². The van der Waals surface area contributed by atoms with Crippen LogP contribution in [0.15, 0.2) is 54.7 Å². The molecular weight excluding hydrogens is 400 g/mol. The zero-order chi connectivity index (χ0) is 21.1. The molecule has 1 aliphatic rings. The number of nitrogens with two attached hydrogens (primary N) is 1. The number of anilines is 1. The molecule has 2 aromatic carbocycles. The number of carbonyl (C=O) groups is 1. The summed E-state index contributed by atoms with van der Waals surface area (Å²) in [6.07, 6.45) is 3.82. The Kier molecular flexibility index (Phi) is 5.86. The second-order valence-corrected chi connectivity index (χ2v) is 7.74. The monoisotopic (exact) mass is 422 g/mol. The third-order valence-corrected chi connectivity index (χ3v) is 5.65. The smallest absolute Gasteiger partial charge is 0.227 e. The predicted molar refractivity (Wildman–Crippen MR) is 117 cm³/mol. The van der Waals surface area contributed by atoms with Crippen molar-refractivity contribution in [1.82, 2.24) is 14.9 Å². The number of aromatic nitrogens is 2. The average Bonchev–Trinajstić information content (AvgIpc) is 3.25. The summed E-state index contributed by atoms with van der Waals surface area (Å²) in [5.41, 5.74) is 9.46. The van der Waals surface area contributed by atoms with E-state index >= 15 is 0 Å². The van der Waals surface area contributed by atoms with Gasteiger partial charge >= 0.3 is 0 Å². The van der Waals surface area contributed by atoms with Gasteiger partial charge < -0.3 is 15.4 Å². The molecule has 1 aromatic heterocycles. The summed E-state index contributed by atoms with van der Waals surface area (Å²) in [7, 11) is 1.63. The van der Waals surface area contributed by atoms with E-state index in [0.29, 0.717) is 18.0 Å². The minimum Gasteiger partial charge on any atom is -0.497 e. The Morgan fingerprint density at radius 2 is 1.93 bits per heavy atom. The largest absolute Gasteiger partial charge is 0.497 e. The second-order valence-electron chi connectivity index (χ2n) is 7.30. The first-order chi connectivity index (χ1) is 14.5. The Hall–Kier alpha value is -3.12. The molecule has 4 rings (SSSR count). The topological polar surface area (TPSA) is 81.3 Å². The molecule has 1 amide bonds. The van der Waals surface area contributed by atoms with Crippen molar-refractivity contribution in [3.8, 4) is 16.9 Å². The van der Waals surface area contributed by atoms with E-state index in [9.17, 15) is 4.79 Å². The standard InChI is InChI=1S/C23H23ClN4O2/c1-30-18-10-4-15(5-11-18)13-21(29)28-12-2-3-20(28)22-19(14-26-23(25)27-22)16-6-8-17(24)9-7-16/h4-11,14,20H,2-3,12-13H2,1H3,(H2,25,26,27)/t20-/m0/s1. The van der Waals surface area contributed by atoms with E-state index in [2.05, 4.69) is 9.97 Å². The molecule has 1 aliphatic heterocycles. The fourth-order valence-corrected chi connectivity index (χ4v) is 4.01. The van der Waals surface area contributed by atoms with Crippen LogP contribution in [-0.2, 0) is 11.2 Å². The summed E-state index contributed by atoms with van der Waals surface area (Å²) in [4.78, 5) is 23.8. The fourth-order valence-electron chi connectivity index (χ4n) is 3.88. The molecule has 0 aliphatic carbocycles. The van der Waals surface area contributed by atoms with Gasteiger partial charge in [-0.3, -0.25) is 4.79 Å². The molecule has 2 N–H and O–H groups in total. The maximum Gasteiger partial charge on any atom is 0.227 e. The number of carbonyl (C=O) groups excluding carboxylic acids is 1. The minimum atomic E-state index is -0.133. The summed E-state index contributed by atoms with van der Waals surface area (Å²) in [5.74, 6) is 1.05. The first-order valence-corrected chi connectivity index (χ1v) is 10.2. The third kappa shape index (κ3) is 4.24. The number of methoxy groups -OCH3 is 1. The van der Waals surface area contributed by atoms with Crippen molar-refractivity contribution < 1.29 is 9.53 Å². The van der Waals surface area contributed by atoms with Crippen LogP contribution >= 0.6 is 11.6 Å². The number of rotatable bonds is 5. The Morgan fingerprint density at radius 3 is 2.63 bits per heavy atom. The second kappa shape index (κ2) is 8.71. The molecule has 0 saturated carbocycles. The van der Waals surface area contributed by atoms with Crippen LogP contribution in [0.25, 0.3) is 11.1 Å². The molecule has 2 heterocycles. The lowest BCUT2D eigenvalue weighted by Gasteiger charge is -2.26. The van der Waals surface area contributed by atoms with E-state index in [-0.39, 0.29) is 17.9 Å². The van der Waals surface area contributed by atoms with E-state index in [1.807, 2.05) is 53.4 Å². The highest BCUT2D eigenvalue weighted by atomic mass is 35.5. The molecule has 0 spiro atoms. The fraction of sp³-hybridized carbons (Fsp3) is 0.261. The number of benzene rings is 2. The lowest BCUT2D eigenvalue weighted by Crippen LogP contribution is -2.32. The Balaban J connectivity index is 1.62. The molecule has 1 fully saturated rings. The van der Waals surface area contributed by atoms with Crippen molar-refractivity contribution in [2.24, 2.45) is 0 Å². The molecule has 0 bridgehead atoms. The number of nitrogens with zero attached hydrogens (tertiary/aromatic N) is 3. The summed E-state index contributed by atoms with van der Waals surface area (Å²) in [6, 6.07) is 15.0. The van der Waals surface area contributed by atoms with Gasteiger partial charge in [-0.15, -0.1) is 0 Å². The highest BCUT2D eigenvalue weighted by molar-refractivity contribution is 6.30. The van der Waals surface area contributed by atoms with Gasteiger partial charge in [-0.1, -0.05) is 35.9 Å². The number of halogens is 1. The quantitative estimate of drug-likeness (QED) is 0.663. The van der Waals surface area contributed by atoms with Crippen molar-refractivity contribution in [2.75, 3.05) is 19.4 Å². The molecular formula is C23H23ClN4O2. The molecule has 3 aromatic rings. The normalized spacial score (nSPS) is 15.9. The molecule has 30 heavy (non-hydrogen) atoms. The van der Waals surface area contributed by atoms with Gasteiger partial charge in [0.2, 0.25) is 11.9 Å². The number of hydrogen-bond donors (Lipinski definition) is 1. The van der Waals surface area contributed by atoms with Crippen molar-refractivity contribution in [3.63, 3.8) is 0 Å². The molecule has 0 unspecified atom stereocenters. The summed E-state index contributed by atoms with van der Waals surface area (Å²) in [6.45, 7) is 0.698. The number of likely N-dealkylation sites (tertiary alicyclic amines) is 1. The summed E-state index contributed by atoms with van der Waals surface area (Å²) >= 11 is 6.04. The molecule has 1 saturated heterocycles. The zero-order valence-electron chi connectivity index (χ0n) is 16.7. The third-order valence-electron chi connectivity index (χ3n) is 5.40. The van der Waals surface area contributed by atoms with E-state index in [1.54, 1.807) is 13.3 Å². The Morgan fingerprint density at radius 1 is 1.20 bits per heavy atom. The number of nitrogen functional groups attached to an aromatic ring is 1. The average molecular weight is 423 g/mol. The van der Waals surface area contributed by atoms with E-state index in [1.165, 1.54) is 0 Å². The highest BCUT2D eigenvalue weighted by Crippen LogP contribution is 2.37. The van der Waals surface area contributed by atoms with E-state index in [4.69, 9.17) is 22.1 Å². The molecule has 1 atom stereocenters. The van der Waals surface area contributed by atoms with Crippen LogP contribution in [0.1, 0.15) is 30.1 Å². The van der Waals surface area contributed by atoms with Gasteiger partial charge in [-0.25, -0.2) is 9.97 Å². The van der Waals surface area contributed by atoms with Crippen LogP contribution in [0, 0.1) is 0 Å². The van der Waals surface area contributed by atoms with Gasteiger partial charge in [0.25, 0.3) is 0 Å². The molecule has 6 nitrogen and oxygen atoms in total. The van der Waals surface area contributed by atoms with E-state index in [0.717, 1.165) is 41.0 Å². The first kappa shape index (κ1) is 20.2. The van der Waals surface area contributed by atoms with Gasteiger partial charge in [0, 0.05) is 23.3 Å². The van der Waals surface area contributed by atoms with Gasteiger partial charge in [0.1, 0.15) is 5.75 Å². The van der Waals surface area contributed by atoms with Crippen molar-refractivity contribution >= 4 is 23.5 Å². The van der Waals surface area contributed by atoms with Crippen molar-refractivity contribution in [2.45, 2.75) is 25.3 Å². The minimum absolute atomic E-state index is 0.0712. The highest BCUT2D eigenvalue weighted by Gasteiger charge is 2.33.